The van der Waals surface area contributed by atoms with E-state index in [2.05, 4.69) is 0 Å². The van der Waals surface area contributed by atoms with Crippen molar-refractivity contribution in [2.75, 3.05) is 6.16 Å². The number of carbonyl (C=O) groups excluding carboxylic acids is 1. The number of para-hydroxylation sites is 1. The van der Waals surface area contributed by atoms with Crippen molar-refractivity contribution in [3.05, 3.63) is 60.2 Å². The van der Waals surface area contributed by atoms with Crippen molar-refractivity contribution in [3.8, 4) is 11.5 Å². The molecule has 0 aliphatic heterocycles. The van der Waals surface area contributed by atoms with Crippen LogP contribution in [-0.4, -0.2) is 11.9 Å². The molecule has 2 aromatic rings. The van der Waals surface area contributed by atoms with E-state index in [1.165, 1.54) is 6.92 Å². The standard InChI is InChI=1S/C16H17O4P/c1-3-21(18,19-15-7-5-4-6-8-15)20-16-11-9-14(10-12-16)13(2)17/h4-12H,3H2,1-2H3. The predicted molar refractivity (Wildman–Crippen MR) is 82.3 cm³/mol. The van der Waals surface area contributed by atoms with Crippen molar-refractivity contribution in [2.45, 2.75) is 13.8 Å². The third-order valence-corrected chi connectivity index (χ3v) is 4.63. The molecular formula is C16H17O4P. The first-order valence-electron chi connectivity index (χ1n) is 6.67. The molecule has 4 nitrogen and oxygen atoms in total. The van der Waals surface area contributed by atoms with Gasteiger partial charge in [0.25, 0.3) is 0 Å². The Morgan fingerprint density at radius 3 is 1.95 bits per heavy atom. The van der Waals surface area contributed by atoms with Crippen molar-refractivity contribution in [3.63, 3.8) is 0 Å². The van der Waals surface area contributed by atoms with Crippen LogP contribution in [0.3, 0.4) is 0 Å². The van der Waals surface area contributed by atoms with Crippen molar-refractivity contribution in [1.29, 1.82) is 0 Å². The maximum Gasteiger partial charge on any atom is 0.430 e. The second-order valence-electron chi connectivity index (χ2n) is 4.50. The van der Waals surface area contributed by atoms with E-state index in [1.54, 1.807) is 55.5 Å². The van der Waals surface area contributed by atoms with Crippen LogP contribution >= 0.6 is 7.60 Å². The Bertz CT molecular complexity index is 650. The molecule has 0 aromatic heterocycles. The van der Waals surface area contributed by atoms with Crippen molar-refractivity contribution in [2.24, 2.45) is 0 Å². The maximum atomic E-state index is 12.6. The number of ketones is 1. The van der Waals surface area contributed by atoms with Crippen LogP contribution in [0.4, 0.5) is 0 Å². The van der Waals surface area contributed by atoms with Crippen molar-refractivity contribution < 1.29 is 18.4 Å². The molecule has 110 valence electrons. The van der Waals surface area contributed by atoms with Crippen LogP contribution < -0.4 is 9.05 Å². The second-order valence-corrected chi connectivity index (χ2v) is 6.72. The molecule has 1 atom stereocenters. The van der Waals surface area contributed by atoms with Gasteiger partial charge in [0.2, 0.25) is 0 Å². The monoisotopic (exact) mass is 304 g/mol. The maximum absolute atomic E-state index is 12.6. The summed E-state index contributed by atoms with van der Waals surface area (Å²) in [6.07, 6.45) is 0.246. The lowest BCUT2D eigenvalue weighted by atomic mass is 10.1. The quantitative estimate of drug-likeness (QED) is 0.580. The Morgan fingerprint density at radius 2 is 1.48 bits per heavy atom. The molecule has 2 aromatic carbocycles. The van der Waals surface area contributed by atoms with E-state index >= 15 is 0 Å². The molecule has 0 saturated carbocycles. The summed E-state index contributed by atoms with van der Waals surface area (Å²) in [6.45, 7) is 3.24. The summed E-state index contributed by atoms with van der Waals surface area (Å²) in [4.78, 5) is 11.2. The fourth-order valence-corrected chi connectivity index (χ4v) is 2.88. The fraction of sp³-hybridized carbons (Fsp3) is 0.188. The highest BCUT2D eigenvalue weighted by Gasteiger charge is 2.25. The van der Waals surface area contributed by atoms with Gasteiger partial charge in [-0.2, -0.15) is 0 Å². The topological polar surface area (TPSA) is 52.6 Å². The summed E-state index contributed by atoms with van der Waals surface area (Å²) in [5.74, 6) is 0.893. The Kier molecular flexibility index (Phi) is 4.81. The third kappa shape index (κ3) is 4.20. The molecule has 21 heavy (non-hydrogen) atoms. The second kappa shape index (κ2) is 6.59. The number of Topliss-reactive ketones (excluding diaryl/α,β-unsaturated/α-hetero) is 1. The van der Waals surface area contributed by atoms with Crippen LogP contribution in [0.15, 0.2) is 54.6 Å². The minimum absolute atomic E-state index is 0.0271. The molecule has 0 fully saturated rings. The minimum atomic E-state index is -3.27. The highest BCUT2D eigenvalue weighted by Crippen LogP contribution is 2.47. The van der Waals surface area contributed by atoms with Gasteiger partial charge in [-0.05, 0) is 43.3 Å². The zero-order valence-electron chi connectivity index (χ0n) is 12.0. The van der Waals surface area contributed by atoms with Gasteiger partial charge in [-0.15, -0.1) is 0 Å². The molecule has 0 spiro atoms. The summed E-state index contributed by atoms with van der Waals surface area (Å²) < 4.78 is 23.6. The van der Waals surface area contributed by atoms with E-state index in [1.807, 2.05) is 6.07 Å². The first kappa shape index (κ1) is 15.3. The summed E-state index contributed by atoms with van der Waals surface area (Å²) in [5.41, 5.74) is 0.581. The highest BCUT2D eigenvalue weighted by molar-refractivity contribution is 7.54. The zero-order chi connectivity index (χ0) is 15.3. The van der Waals surface area contributed by atoms with Crippen LogP contribution in [0.5, 0.6) is 11.5 Å². The molecule has 0 amide bonds. The molecule has 0 heterocycles. The van der Waals surface area contributed by atoms with Gasteiger partial charge in [0, 0.05) is 5.56 Å². The van der Waals surface area contributed by atoms with E-state index in [4.69, 9.17) is 9.05 Å². The predicted octanol–water partition coefficient (Wildman–Crippen LogP) is 4.56. The van der Waals surface area contributed by atoms with Crippen LogP contribution in [0, 0.1) is 0 Å². The Hall–Kier alpha value is -2.06. The Labute approximate surface area is 124 Å². The lowest BCUT2D eigenvalue weighted by molar-refractivity contribution is 0.101. The van der Waals surface area contributed by atoms with Crippen LogP contribution in [0.1, 0.15) is 24.2 Å². The molecule has 0 bridgehead atoms. The molecule has 0 N–H and O–H groups in total. The van der Waals surface area contributed by atoms with E-state index in [9.17, 15) is 9.36 Å². The Morgan fingerprint density at radius 1 is 0.952 bits per heavy atom. The third-order valence-electron chi connectivity index (χ3n) is 2.88. The molecule has 2 rings (SSSR count). The average Bonchev–Trinajstić information content (AvgIpc) is 2.48. The molecular weight excluding hydrogens is 287 g/mol. The van der Waals surface area contributed by atoms with Crippen molar-refractivity contribution in [1.82, 2.24) is 0 Å². The lowest BCUT2D eigenvalue weighted by Crippen LogP contribution is -2.03. The molecule has 0 saturated heterocycles. The van der Waals surface area contributed by atoms with E-state index in [0.29, 0.717) is 17.1 Å². The highest BCUT2D eigenvalue weighted by atomic mass is 31.2. The van der Waals surface area contributed by atoms with Gasteiger partial charge < -0.3 is 9.05 Å². The van der Waals surface area contributed by atoms with Gasteiger partial charge in [-0.25, -0.2) is 4.57 Å². The first-order valence-corrected chi connectivity index (χ1v) is 8.39. The molecule has 0 aliphatic rings. The Balaban J connectivity index is 2.14. The summed E-state index contributed by atoms with van der Waals surface area (Å²) in [5, 5.41) is 0. The average molecular weight is 304 g/mol. The number of carbonyl (C=O) groups is 1. The molecule has 5 heteroatoms. The van der Waals surface area contributed by atoms with Gasteiger partial charge in [0.15, 0.2) is 5.78 Å². The van der Waals surface area contributed by atoms with Crippen LogP contribution in [-0.2, 0) is 4.57 Å². The fourth-order valence-electron chi connectivity index (χ4n) is 1.70. The normalized spacial score (nSPS) is 13.2. The smallest absolute Gasteiger partial charge is 0.416 e. The number of hydrogen-bond donors (Lipinski definition) is 0. The molecule has 1 unspecified atom stereocenters. The van der Waals surface area contributed by atoms with Crippen LogP contribution in [0.25, 0.3) is 0 Å². The SMILES string of the molecule is CCP(=O)(Oc1ccccc1)Oc1ccc(C(C)=O)cc1. The van der Waals surface area contributed by atoms with Crippen molar-refractivity contribution >= 4 is 13.4 Å². The minimum Gasteiger partial charge on any atom is -0.416 e. The van der Waals surface area contributed by atoms with Gasteiger partial charge in [-0.1, -0.05) is 25.1 Å². The number of rotatable bonds is 6. The van der Waals surface area contributed by atoms with E-state index < -0.39 is 7.60 Å². The van der Waals surface area contributed by atoms with Crippen LogP contribution in [0.2, 0.25) is 0 Å². The first-order chi connectivity index (χ1) is 10.0. The van der Waals surface area contributed by atoms with Gasteiger partial charge >= 0.3 is 7.60 Å². The number of benzene rings is 2. The van der Waals surface area contributed by atoms with E-state index in [0.717, 1.165) is 0 Å². The summed E-state index contributed by atoms with van der Waals surface area (Å²) >= 11 is 0. The van der Waals surface area contributed by atoms with Gasteiger partial charge in [0.05, 0.1) is 6.16 Å². The van der Waals surface area contributed by atoms with Gasteiger partial charge in [0.1, 0.15) is 11.5 Å². The lowest BCUT2D eigenvalue weighted by Gasteiger charge is -2.18. The number of hydrogen-bond acceptors (Lipinski definition) is 4. The molecule has 0 aliphatic carbocycles. The summed E-state index contributed by atoms with van der Waals surface area (Å²) in [7, 11) is -3.27. The zero-order valence-corrected chi connectivity index (χ0v) is 12.9. The van der Waals surface area contributed by atoms with E-state index in [-0.39, 0.29) is 11.9 Å². The largest absolute Gasteiger partial charge is 0.430 e. The summed E-state index contributed by atoms with van der Waals surface area (Å²) in [6, 6.07) is 15.4. The van der Waals surface area contributed by atoms with Gasteiger partial charge in [-0.3, -0.25) is 4.79 Å². The molecule has 0 radical (unpaired) electrons.